The van der Waals surface area contributed by atoms with Gasteiger partial charge in [-0.1, -0.05) is 0 Å². The number of likely N-dealkylation sites (tertiary alicyclic amines) is 1. The van der Waals surface area contributed by atoms with Crippen LogP contribution in [0, 0.1) is 35.0 Å². The van der Waals surface area contributed by atoms with Crippen molar-refractivity contribution in [2.75, 3.05) is 18.4 Å². The number of aromatic nitrogens is 1. The van der Waals surface area contributed by atoms with Crippen LogP contribution >= 0.6 is 15.9 Å². The third kappa shape index (κ3) is 3.06. The summed E-state index contributed by atoms with van der Waals surface area (Å²) in [6.07, 6.45) is 6.90. The number of rotatable bonds is 6. The van der Waals surface area contributed by atoms with Crippen molar-refractivity contribution in [1.29, 1.82) is 0 Å². The number of nitrogens with one attached hydrogen (secondary N) is 1. The number of carbonyl (C=O) groups excluding carboxylic acids is 2. The molecule has 1 aromatic rings. The number of hydrogen-bond acceptors (Lipinski definition) is 4. The number of hydrogen-bond donors (Lipinski definition) is 2. The van der Waals surface area contributed by atoms with Crippen molar-refractivity contribution in [3.63, 3.8) is 0 Å². The van der Waals surface area contributed by atoms with Crippen LogP contribution in [0.5, 0.6) is 0 Å². The SMILES string of the molecule is O=C(O)[C@H]1[C@H](C(=O)Nc2ccc(Br)nc2)[C@@H]2CC[C@H]1C21CC1CCN1CCCC1=O. The highest BCUT2D eigenvalue weighted by molar-refractivity contribution is 9.10. The Hall–Kier alpha value is -1.96. The Morgan fingerprint density at radius 1 is 1.27 bits per heavy atom. The minimum Gasteiger partial charge on any atom is -0.481 e. The van der Waals surface area contributed by atoms with E-state index >= 15 is 0 Å². The van der Waals surface area contributed by atoms with Gasteiger partial charge in [0.05, 0.1) is 23.7 Å². The van der Waals surface area contributed by atoms with Gasteiger partial charge in [-0.15, -0.1) is 0 Å². The topological polar surface area (TPSA) is 99.6 Å². The molecule has 8 heteroatoms. The summed E-state index contributed by atoms with van der Waals surface area (Å²) in [4.78, 5) is 43.4. The van der Waals surface area contributed by atoms with E-state index in [0.717, 1.165) is 45.2 Å². The number of carbonyl (C=O) groups is 3. The van der Waals surface area contributed by atoms with Gasteiger partial charge in [0.25, 0.3) is 0 Å². The van der Waals surface area contributed by atoms with Crippen LogP contribution in [0.4, 0.5) is 5.69 Å². The van der Waals surface area contributed by atoms with Crippen molar-refractivity contribution in [1.82, 2.24) is 9.88 Å². The Balaban J connectivity index is 1.32. The summed E-state index contributed by atoms with van der Waals surface area (Å²) in [7, 11) is 0. The molecule has 1 spiro atoms. The fourth-order valence-electron chi connectivity index (χ4n) is 6.95. The maximum Gasteiger partial charge on any atom is 0.307 e. The molecule has 30 heavy (non-hydrogen) atoms. The molecule has 1 aliphatic heterocycles. The maximum atomic E-state index is 13.2. The summed E-state index contributed by atoms with van der Waals surface area (Å²) < 4.78 is 0.681. The zero-order chi connectivity index (χ0) is 21.0. The molecule has 6 atom stereocenters. The van der Waals surface area contributed by atoms with Crippen molar-refractivity contribution >= 4 is 39.4 Å². The molecule has 2 unspecified atom stereocenters. The Morgan fingerprint density at radius 2 is 2.03 bits per heavy atom. The molecule has 160 valence electrons. The molecule has 0 aromatic carbocycles. The molecule has 7 nitrogen and oxygen atoms in total. The fraction of sp³-hybridized carbons (Fsp3) is 0.636. The van der Waals surface area contributed by atoms with E-state index in [1.807, 2.05) is 4.90 Å². The average Bonchev–Trinajstić information content (AvgIpc) is 2.95. The molecule has 2 amide bonds. The van der Waals surface area contributed by atoms with Gasteiger partial charge in [0.1, 0.15) is 4.60 Å². The second-order valence-corrected chi connectivity index (χ2v) is 10.1. The van der Waals surface area contributed by atoms with Crippen LogP contribution in [0.15, 0.2) is 22.9 Å². The molecule has 2 heterocycles. The first-order valence-corrected chi connectivity index (χ1v) is 11.6. The number of halogens is 1. The Kier molecular flexibility index (Phi) is 4.87. The van der Waals surface area contributed by atoms with E-state index < -0.39 is 17.8 Å². The lowest BCUT2D eigenvalue weighted by atomic mass is 9.78. The Morgan fingerprint density at radius 3 is 2.67 bits per heavy atom. The monoisotopic (exact) mass is 475 g/mol. The van der Waals surface area contributed by atoms with Gasteiger partial charge < -0.3 is 15.3 Å². The summed E-state index contributed by atoms with van der Waals surface area (Å²) in [5.41, 5.74) is 0.565. The standard InChI is InChI=1S/C22H26BrN3O4/c23-16-6-3-13(11-24-16)25-20(28)18-14-4-5-15(19(18)21(29)30)22(14)10-12(22)7-9-26-8-1-2-17(26)27/h3,6,11-12,14-15,18-19H,1-2,4-5,7-10H2,(H,25,28)(H,29,30)/t12?,14-,15+,18+,19+,22?/m0/s1. The van der Waals surface area contributed by atoms with Gasteiger partial charge in [-0.05, 0) is 83.3 Å². The van der Waals surface area contributed by atoms with Crippen molar-refractivity contribution in [2.45, 2.75) is 38.5 Å². The van der Waals surface area contributed by atoms with Crippen LogP contribution in [-0.2, 0) is 14.4 Å². The van der Waals surface area contributed by atoms with Gasteiger partial charge in [-0.2, -0.15) is 0 Å². The largest absolute Gasteiger partial charge is 0.481 e. The Labute approximate surface area is 183 Å². The summed E-state index contributed by atoms with van der Waals surface area (Å²) in [6.45, 7) is 1.61. The lowest BCUT2D eigenvalue weighted by molar-refractivity contribution is -0.148. The molecule has 2 bridgehead atoms. The van der Waals surface area contributed by atoms with Crippen LogP contribution in [0.3, 0.4) is 0 Å². The van der Waals surface area contributed by atoms with E-state index in [-0.39, 0.29) is 29.1 Å². The highest BCUT2D eigenvalue weighted by Gasteiger charge is 2.75. The van der Waals surface area contributed by atoms with Gasteiger partial charge in [-0.25, -0.2) is 4.98 Å². The van der Waals surface area contributed by atoms with Crippen molar-refractivity contribution in [2.24, 2.45) is 35.0 Å². The predicted octanol–water partition coefficient (Wildman–Crippen LogP) is 3.16. The quantitative estimate of drug-likeness (QED) is 0.615. The van der Waals surface area contributed by atoms with Crippen LogP contribution in [0.25, 0.3) is 0 Å². The summed E-state index contributed by atoms with van der Waals surface area (Å²) >= 11 is 3.28. The van der Waals surface area contributed by atoms with Crippen molar-refractivity contribution in [3.8, 4) is 0 Å². The number of pyridine rings is 1. The van der Waals surface area contributed by atoms with Gasteiger partial charge in [0.15, 0.2) is 0 Å². The molecule has 1 aromatic heterocycles. The van der Waals surface area contributed by atoms with Crippen LogP contribution in [0.1, 0.15) is 38.5 Å². The number of nitrogens with zero attached hydrogens (tertiary/aromatic N) is 2. The smallest absolute Gasteiger partial charge is 0.307 e. The summed E-state index contributed by atoms with van der Waals surface area (Å²) in [5, 5.41) is 12.9. The normalized spacial score (nSPS) is 36.5. The van der Waals surface area contributed by atoms with E-state index in [9.17, 15) is 19.5 Å². The predicted molar refractivity (Wildman–Crippen MR) is 112 cm³/mol. The molecule has 4 aliphatic rings. The van der Waals surface area contributed by atoms with Gasteiger partial charge in [0, 0.05) is 19.5 Å². The molecule has 5 rings (SSSR count). The maximum absolute atomic E-state index is 13.2. The number of aliphatic carboxylic acids is 1. The molecule has 0 radical (unpaired) electrons. The van der Waals surface area contributed by atoms with E-state index in [0.29, 0.717) is 22.6 Å². The first kappa shape index (κ1) is 20.0. The molecular formula is C22H26BrN3O4. The third-order valence-electron chi connectivity index (χ3n) is 8.12. The minimum atomic E-state index is -0.851. The highest BCUT2D eigenvalue weighted by atomic mass is 79.9. The number of anilines is 1. The minimum absolute atomic E-state index is 0.0220. The fourth-order valence-corrected chi connectivity index (χ4v) is 7.18. The zero-order valence-corrected chi connectivity index (χ0v) is 18.3. The third-order valence-corrected chi connectivity index (χ3v) is 8.59. The van der Waals surface area contributed by atoms with Gasteiger partial charge >= 0.3 is 5.97 Å². The lowest BCUT2D eigenvalue weighted by Gasteiger charge is -2.26. The van der Waals surface area contributed by atoms with E-state index in [2.05, 4.69) is 26.2 Å². The molecule has 2 N–H and O–H groups in total. The molecule has 4 fully saturated rings. The summed E-state index contributed by atoms with van der Waals surface area (Å²) in [6, 6.07) is 3.52. The van der Waals surface area contributed by atoms with Gasteiger partial charge in [0.2, 0.25) is 11.8 Å². The number of carboxylic acids is 1. The molecule has 3 aliphatic carbocycles. The number of amides is 2. The highest BCUT2D eigenvalue weighted by Crippen LogP contribution is 2.78. The van der Waals surface area contributed by atoms with E-state index in [1.54, 1.807) is 18.3 Å². The molecular weight excluding hydrogens is 450 g/mol. The van der Waals surface area contributed by atoms with E-state index in [4.69, 9.17) is 0 Å². The van der Waals surface area contributed by atoms with Gasteiger partial charge in [-0.3, -0.25) is 14.4 Å². The summed E-state index contributed by atoms with van der Waals surface area (Å²) in [5.74, 6) is -1.31. The van der Waals surface area contributed by atoms with Crippen LogP contribution < -0.4 is 5.32 Å². The van der Waals surface area contributed by atoms with E-state index in [1.165, 1.54) is 0 Å². The average molecular weight is 476 g/mol. The van der Waals surface area contributed by atoms with Crippen molar-refractivity contribution in [3.05, 3.63) is 22.9 Å². The van der Waals surface area contributed by atoms with Crippen molar-refractivity contribution < 1.29 is 19.5 Å². The zero-order valence-electron chi connectivity index (χ0n) is 16.7. The first-order chi connectivity index (χ1) is 14.4. The van der Waals surface area contributed by atoms with Crippen LogP contribution in [-0.4, -0.2) is 45.9 Å². The van der Waals surface area contributed by atoms with Crippen LogP contribution in [0.2, 0.25) is 0 Å². The first-order valence-electron chi connectivity index (χ1n) is 10.8. The molecule has 1 saturated heterocycles. The lowest BCUT2D eigenvalue weighted by Crippen LogP contribution is -2.37. The second-order valence-electron chi connectivity index (χ2n) is 9.33. The number of carboxylic acid groups (broad SMARTS) is 1. The Bertz CT molecular complexity index is 891. The second kappa shape index (κ2) is 7.32. The molecule has 3 saturated carbocycles.